The Hall–Kier alpha value is -1.84. The van der Waals surface area contributed by atoms with E-state index in [9.17, 15) is 9.59 Å². The minimum atomic E-state index is -0.749. The van der Waals surface area contributed by atoms with Crippen LogP contribution in [0.5, 0.6) is 0 Å². The third-order valence-electron chi connectivity index (χ3n) is 4.75. The maximum absolute atomic E-state index is 12.8. The Labute approximate surface area is 132 Å². The molecule has 0 saturated carbocycles. The number of rotatable bonds is 4. The Morgan fingerprint density at radius 3 is 2.18 bits per heavy atom. The molecule has 1 heterocycles. The first-order valence-electron chi connectivity index (χ1n) is 7.98. The second kappa shape index (κ2) is 6.51. The number of amides is 1. The fraction of sp³-hybridized carbons (Fsp3) is 0.556. The van der Waals surface area contributed by atoms with E-state index in [1.807, 2.05) is 30.9 Å². The Morgan fingerprint density at radius 2 is 1.73 bits per heavy atom. The third kappa shape index (κ3) is 3.32. The van der Waals surface area contributed by atoms with Gasteiger partial charge in [-0.3, -0.25) is 9.59 Å². The maximum atomic E-state index is 12.8. The Morgan fingerprint density at radius 1 is 1.18 bits per heavy atom. The minimum Gasteiger partial charge on any atom is -0.481 e. The van der Waals surface area contributed by atoms with Crippen LogP contribution in [-0.2, 0) is 21.4 Å². The van der Waals surface area contributed by atoms with E-state index in [0.717, 1.165) is 12.0 Å². The van der Waals surface area contributed by atoms with E-state index in [4.69, 9.17) is 5.11 Å². The summed E-state index contributed by atoms with van der Waals surface area (Å²) in [6.45, 7) is 7.07. The Balaban J connectivity index is 2.08. The highest BCUT2D eigenvalue weighted by Gasteiger charge is 2.36. The highest BCUT2D eigenvalue weighted by Crippen LogP contribution is 2.28. The standard InChI is InChI=1S/C18H25NO3/c1-4-13-5-7-15(8-6-13)18(2,3)17(22)19-11-9-14(10-12-19)16(20)21/h5-8,14H,4,9-12H2,1-3H3,(H,20,21). The van der Waals surface area contributed by atoms with Crippen LogP contribution < -0.4 is 0 Å². The quantitative estimate of drug-likeness (QED) is 0.930. The Bertz CT molecular complexity index is 540. The van der Waals surface area contributed by atoms with Gasteiger partial charge in [-0.05, 0) is 44.2 Å². The topological polar surface area (TPSA) is 57.6 Å². The molecule has 1 aliphatic heterocycles. The number of nitrogens with zero attached hydrogens (tertiary/aromatic N) is 1. The van der Waals surface area contributed by atoms with Gasteiger partial charge >= 0.3 is 5.97 Å². The van der Waals surface area contributed by atoms with Crippen LogP contribution in [0.3, 0.4) is 0 Å². The monoisotopic (exact) mass is 303 g/mol. The molecule has 1 saturated heterocycles. The summed E-state index contributed by atoms with van der Waals surface area (Å²) in [5.74, 6) is -0.974. The number of aryl methyl sites for hydroxylation is 1. The summed E-state index contributed by atoms with van der Waals surface area (Å²) in [5.41, 5.74) is 1.69. The van der Waals surface area contributed by atoms with Gasteiger partial charge in [-0.2, -0.15) is 0 Å². The predicted molar refractivity (Wildman–Crippen MR) is 85.8 cm³/mol. The predicted octanol–water partition coefficient (Wildman–Crippen LogP) is 2.85. The van der Waals surface area contributed by atoms with Crippen LogP contribution in [0, 0.1) is 5.92 Å². The van der Waals surface area contributed by atoms with Crippen molar-refractivity contribution in [3.63, 3.8) is 0 Å². The summed E-state index contributed by atoms with van der Waals surface area (Å²) in [4.78, 5) is 25.6. The molecule has 0 bridgehead atoms. The van der Waals surface area contributed by atoms with Gasteiger partial charge in [-0.25, -0.2) is 0 Å². The molecule has 2 rings (SSSR count). The van der Waals surface area contributed by atoms with Crippen molar-refractivity contribution in [2.75, 3.05) is 13.1 Å². The first kappa shape index (κ1) is 16.5. The van der Waals surface area contributed by atoms with Crippen LogP contribution in [0.1, 0.15) is 44.7 Å². The number of carbonyl (C=O) groups excluding carboxylic acids is 1. The van der Waals surface area contributed by atoms with Gasteiger partial charge in [0.15, 0.2) is 0 Å². The van der Waals surface area contributed by atoms with Crippen LogP contribution in [0.2, 0.25) is 0 Å². The molecule has 1 aromatic carbocycles. The molecule has 0 spiro atoms. The normalized spacial score (nSPS) is 16.6. The summed E-state index contributed by atoms with van der Waals surface area (Å²) in [6, 6.07) is 8.20. The first-order valence-corrected chi connectivity index (χ1v) is 7.98. The molecule has 1 N–H and O–H groups in total. The van der Waals surface area contributed by atoms with Gasteiger partial charge < -0.3 is 10.0 Å². The number of hydrogen-bond acceptors (Lipinski definition) is 2. The van der Waals surface area contributed by atoms with Crippen LogP contribution in [-0.4, -0.2) is 35.0 Å². The van der Waals surface area contributed by atoms with Gasteiger partial charge in [-0.15, -0.1) is 0 Å². The van der Waals surface area contributed by atoms with E-state index in [1.165, 1.54) is 5.56 Å². The van der Waals surface area contributed by atoms with Gasteiger partial charge in [0.1, 0.15) is 0 Å². The number of carboxylic acids is 1. The number of likely N-dealkylation sites (tertiary alicyclic amines) is 1. The van der Waals surface area contributed by atoms with Crippen molar-refractivity contribution < 1.29 is 14.7 Å². The zero-order valence-corrected chi connectivity index (χ0v) is 13.6. The smallest absolute Gasteiger partial charge is 0.306 e. The maximum Gasteiger partial charge on any atom is 0.306 e. The number of hydrogen-bond donors (Lipinski definition) is 1. The minimum absolute atomic E-state index is 0.0839. The lowest BCUT2D eigenvalue weighted by Crippen LogP contribution is -2.47. The van der Waals surface area contributed by atoms with Crippen molar-refractivity contribution in [2.45, 2.75) is 45.4 Å². The van der Waals surface area contributed by atoms with Crippen molar-refractivity contribution in [1.82, 2.24) is 4.90 Å². The van der Waals surface area contributed by atoms with Gasteiger partial charge in [0, 0.05) is 13.1 Å². The first-order chi connectivity index (χ1) is 10.4. The average molecular weight is 303 g/mol. The number of aliphatic carboxylic acids is 1. The lowest BCUT2D eigenvalue weighted by atomic mass is 9.82. The largest absolute Gasteiger partial charge is 0.481 e. The van der Waals surface area contributed by atoms with Gasteiger partial charge in [0.25, 0.3) is 0 Å². The molecular formula is C18H25NO3. The van der Waals surface area contributed by atoms with E-state index >= 15 is 0 Å². The van der Waals surface area contributed by atoms with Gasteiger partial charge in [0.05, 0.1) is 11.3 Å². The molecule has 4 nitrogen and oxygen atoms in total. The van der Waals surface area contributed by atoms with E-state index in [0.29, 0.717) is 25.9 Å². The summed E-state index contributed by atoms with van der Waals surface area (Å²) in [6.07, 6.45) is 2.08. The summed E-state index contributed by atoms with van der Waals surface area (Å²) in [5, 5.41) is 9.05. The third-order valence-corrected chi connectivity index (χ3v) is 4.75. The fourth-order valence-corrected chi connectivity index (χ4v) is 3.01. The van der Waals surface area contributed by atoms with Crippen molar-refractivity contribution in [2.24, 2.45) is 5.92 Å². The molecule has 0 radical (unpaired) electrons. The van der Waals surface area contributed by atoms with E-state index in [-0.39, 0.29) is 11.8 Å². The molecule has 0 aromatic heterocycles. The second-order valence-corrected chi connectivity index (χ2v) is 6.58. The van der Waals surface area contributed by atoms with Crippen molar-refractivity contribution in [3.05, 3.63) is 35.4 Å². The molecule has 0 aliphatic carbocycles. The molecular weight excluding hydrogens is 278 g/mol. The van der Waals surface area contributed by atoms with Crippen molar-refractivity contribution >= 4 is 11.9 Å². The highest BCUT2D eigenvalue weighted by atomic mass is 16.4. The molecule has 1 aromatic rings. The van der Waals surface area contributed by atoms with Crippen molar-refractivity contribution in [1.29, 1.82) is 0 Å². The van der Waals surface area contributed by atoms with Gasteiger partial charge in [-0.1, -0.05) is 31.2 Å². The fourth-order valence-electron chi connectivity index (χ4n) is 3.01. The van der Waals surface area contributed by atoms with Crippen LogP contribution in [0.15, 0.2) is 24.3 Å². The lowest BCUT2D eigenvalue weighted by Gasteiger charge is -2.36. The highest BCUT2D eigenvalue weighted by molar-refractivity contribution is 5.87. The van der Waals surface area contributed by atoms with Crippen LogP contribution in [0.4, 0.5) is 0 Å². The average Bonchev–Trinajstić information content (AvgIpc) is 2.54. The van der Waals surface area contributed by atoms with Crippen molar-refractivity contribution in [3.8, 4) is 0 Å². The SMILES string of the molecule is CCc1ccc(C(C)(C)C(=O)N2CCC(C(=O)O)CC2)cc1. The zero-order valence-electron chi connectivity index (χ0n) is 13.6. The summed E-state index contributed by atoms with van der Waals surface area (Å²) in [7, 11) is 0. The van der Waals surface area contributed by atoms with E-state index in [1.54, 1.807) is 0 Å². The number of carbonyl (C=O) groups is 2. The molecule has 120 valence electrons. The summed E-state index contributed by atoms with van der Waals surface area (Å²) < 4.78 is 0. The van der Waals surface area contributed by atoms with E-state index in [2.05, 4.69) is 19.1 Å². The molecule has 1 aliphatic rings. The molecule has 1 fully saturated rings. The van der Waals surface area contributed by atoms with Crippen LogP contribution >= 0.6 is 0 Å². The summed E-state index contributed by atoms with van der Waals surface area (Å²) >= 11 is 0. The molecule has 1 amide bonds. The van der Waals surface area contributed by atoms with Gasteiger partial charge in [0.2, 0.25) is 5.91 Å². The molecule has 0 atom stereocenters. The zero-order chi connectivity index (χ0) is 16.3. The molecule has 4 heteroatoms. The Kier molecular flexibility index (Phi) is 4.89. The lowest BCUT2D eigenvalue weighted by molar-refractivity contribution is -0.147. The second-order valence-electron chi connectivity index (χ2n) is 6.58. The molecule has 0 unspecified atom stereocenters. The van der Waals surface area contributed by atoms with E-state index < -0.39 is 11.4 Å². The number of benzene rings is 1. The number of carboxylic acid groups (broad SMARTS) is 1. The number of piperidine rings is 1. The molecule has 22 heavy (non-hydrogen) atoms. The van der Waals surface area contributed by atoms with Crippen LogP contribution in [0.25, 0.3) is 0 Å².